The Balaban J connectivity index is 1.19. The zero-order valence-corrected chi connectivity index (χ0v) is 20.5. The maximum atomic E-state index is 12.9. The van der Waals surface area contributed by atoms with Crippen LogP contribution < -0.4 is 10.6 Å². The fourth-order valence-electron chi connectivity index (χ4n) is 5.00. The summed E-state index contributed by atoms with van der Waals surface area (Å²) in [6, 6.07) is 10.2. The van der Waals surface area contributed by atoms with E-state index in [4.69, 9.17) is 4.98 Å². The van der Waals surface area contributed by atoms with Crippen molar-refractivity contribution in [3.63, 3.8) is 0 Å². The molecule has 186 valence electrons. The maximum Gasteiger partial charge on any atom is 0.249 e. The minimum absolute atomic E-state index is 0.0256. The highest BCUT2D eigenvalue weighted by atomic mass is 16.2. The van der Waals surface area contributed by atoms with Gasteiger partial charge in [-0.1, -0.05) is 24.3 Å². The number of amides is 1. The fraction of sp³-hybridized carbons (Fsp3) is 0.400. The van der Waals surface area contributed by atoms with Crippen LogP contribution in [0.25, 0.3) is 11.0 Å². The highest BCUT2D eigenvalue weighted by Gasteiger charge is 2.27. The minimum Gasteiger partial charge on any atom is -0.363 e. The summed E-state index contributed by atoms with van der Waals surface area (Å²) in [5.41, 5.74) is 3.42. The van der Waals surface area contributed by atoms with Crippen LogP contribution in [0.4, 0.5) is 17.6 Å². The molecule has 1 amide bonds. The highest BCUT2D eigenvalue weighted by Crippen LogP contribution is 2.35. The summed E-state index contributed by atoms with van der Waals surface area (Å²) < 4.78 is 0. The molecule has 4 heterocycles. The molecule has 11 nitrogen and oxygen atoms in total. The number of likely N-dealkylation sites (N-methyl/N-ethyl adjacent to an activating group) is 1. The lowest BCUT2D eigenvalue weighted by Crippen LogP contribution is -2.49. The first-order valence-corrected chi connectivity index (χ1v) is 12.4. The van der Waals surface area contributed by atoms with Gasteiger partial charge in [-0.15, -0.1) is 5.10 Å². The van der Waals surface area contributed by atoms with E-state index in [9.17, 15) is 4.79 Å². The lowest BCUT2D eigenvalue weighted by molar-refractivity contribution is -0.136. The second-order valence-electron chi connectivity index (χ2n) is 9.55. The number of carbonyl (C=O) groups is 1. The summed E-state index contributed by atoms with van der Waals surface area (Å²) in [5, 5.41) is 16.5. The molecule has 6 rings (SSSR count). The number of piperazine rings is 1. The van der Waals surface area contributed by atoms with Crippen molar-refractivity contribution in [2.24, 2.45) is 0 Å². The molecule has 0 bridgehead atoms. The molecule has 2 aliphatic rings. The third-order valence-electron chi connectivity index (χ3n) is 7.13. The van der Waals surface area contributed by atoms with Crippen molar-refractivity contribution < 1.29 is 4.79 Å². The predicted molar refractivity (Wildman–Crippen MR) is 137 cm³/mol. The second-order valence-corrected chi connectivity index (χ2v) is 9.55. The molecule has 11 heteroatoms. The molecule has 4 aromatic rings. The van der Waals surface area contributed by atoms with Gasteiger partial charge in [0.15, 0.2) is 5.82 Å². The van der Waals surface area contributed by atoms with Gasteiger partial charge in [-0.05, 0) is 44.0 Å². The summed E-state index contributed by atoms with van der Waals surface area (Å²) in [7, 11) is 2.07. The number of hydrogen-bond donors (Lipinski definition) is 3. The van der Waals surface area contributed by atoms with Crippen molar-refractivity contribution in [3.8, 4) is 0 Å². The number of benzene rings is 1. The minimum atomic E-state index is -0.490. The highest BCUT2D eigenvalue weighted by molar-refractivity contribution is 5.88. The van der Waals surface area contributed by atoms with Crippen LogP contribution in [0.1, 0.15) is 36.6 Å². The number of aromatic amines is 1. The fourth-order valence-corrected chi connectivity index (χ4v) is 5.00. The number of aromatic nitrogens is 6. The number of fused-ring (bicyclic) bond motifs is 2. The smallest absolute Gasteiger partial charge is 0.249 e. The van der Waals surface area contributed by atoms with Gasteiger partial charge in [0.2, 0.25) is 11.9 Å². The number of nitrogens with zero attached hydrogens (tertiary/aromatic N) is 7. The Morgan fingerprint density at radius 3 is 2.83 bits per heavy atom. The van der Waals surface area contributed by atoms with Gasteiger partial charge in [0, 0.05) is 32.4 Å². The van der Waals surface area contributed by atoms with E-state index < -0.39 is 6.04 Å². The van der Waals surface area contributed by atoms with E-state index in [1.807, 2.05) is 24.1 Å². The monoisotopic (exact) mass is 486 g/mol. The first kappa shape index (κ1) is 22.5. The second kappa shape index (κ2) is 9.23. The van der Waals surface area contributed by atoms with Crippen LogP contribution >= 0.6 is 0 Å². The topological polar surface area (TPSA) is 120 Å². The zero-order valence-electron chi connectivity index (χ0n) is 20.5. The summed E-state index contributed by atoms with van der Waals surface area (Å²) in [4.78, 5) is 31.0. The van der Waals surface area contributed by atoms with E-state index in [2.05, 4.69) is 67.0 Å². The SMILES string of the molecule is CC(C(=O)N1CCN(C)CC1)n1ncc(Nc2nc(N[C@@H]3CCc4ccccc43)c3cc[nH]c3n2)n1. The molecule has 1 unspecified atom stereocenters. The number of hydrogen-bond acceptors (Lipinski definition) is 8. The van der Waals surface area contributed by atoms with Gasteiger partial charge < -0.3 is 25.4 Å². The first-order chi connectivity index (χ1) is 17.5. The molecule has 0 spiro atoms. The van der Waals surface area contributed by atoms with Crippen molar-refractivity contribution in [2.45, 2.75) is 31.8 Å². The standard InChI is InChI=1S/C25H30N10O/c1-16(24(36)34-13-11-33(2)12-14-34)35-27-15-21(32-35)29-25-30-22-19(9-10-26-22)23(31-25)28-20-8-7-17-5-3-4-6-18(17)20/h3-6,9-10,15-16,20H,7-8,11-14H2,1-2H3,(H3,26,28,29,30,31,32)/t16?,20-/m1/s1. The predicted octanol–water partition coefficient (Wildman–Crippen LogP) is 2.73. The number of rotatable bonds is 6. The number of nitrogens with one attached hydrogen (secondary N) is 3. The normalized spacial score (nSPS) is 18.8. The Labute approximate surface area is 208 Å². The van der Waals surface area contributed by atoms with Gasteiger partial charge >= 0.3 is 0 Å². The molecular formula is C25H30N10O. The van der Waals surface area contributed by atoms with Crippen molar-refractivity contribution >= 4 is 34.5 Å². The quantitative estimate of drug-likeness (QED) is 0.381. The largest absolute Gasteiger partial charge is 0.363 e. The van der Waals surface area contributed by atoms with Gasteiger partial charge in [0.1, 0.15) is 17.5 Å². The zero-order chi connectivity index (χ0) is 24.6. The van der Waals surface area contributed by atoms with E-state index in [0.29, 0.717) is 11.8 Å². The Hall–Kier alpha value is -3.99. The van der Waals surface area contributed by atoms with Crippen LogP contribution in [0.5, 0.6) is 0 Å². The van der Waals surface area contributed by atoms with Crippen molar-refractivity contribution in [1.82, 2.24) is 39.7 Å². The molecule has 1 fully saturated rings. The van der Waals surface area contributed by atoms with Crippen LogP contribution in [0.15, 0.2) is 42.7 Å². The summed E-state index contributed by atoms with van der Waals surface area (Å²) in [5.74, 6) is 1.68. The Morgan fingerprint density at radius 2 is 1.97 bits per heavy atom. The molecule has 0 radical (unpaired) electrons. The Bertz CT molecular complexity index is 1390. The summed E-state index contributed by atoms with van der Waals surface area (Å²) >= 11 is 0. The number of H-pyrrole nitrogens is 1. The van der Waals surface area contributed by atoms with Gasteiger partial charge in [0.25, 0.3) is 0 Å². The maximum absolute atomic E-state index is 12.9. The Morgan fingerprint density at radius 1 is 1.14 bits per heavy atom. The number of carbonyl (C=O) groups excluding carboxylic acids is 1. The first-order valence-electron chi connectivity index (χ1n) is 12.4. The van der Waals surface area contributed by atoms with E-state index in [1.54, 1.807) is 6.20 Å². The van der Waals surface area contributed by atoms with Crippen LogP contribution in [0.3, 0.4) is 0 Å². The van der Waals surface area contributed by atoms with Crippen molar-refractivity contribution in [3.05, 3.63) is 53.9 Å². The lowest BCUT2D eigenvalue weighted by atomic mass is 10.1. The number of aryl methyl sites for hydroxylation is 1. The average molecular weight is 487 g/mol. The van der Waals surface area contributed by atoms with E-state index >= 15 is 0 Å². The van der Waals surface area contributed by atoms with Crippen LogP contribution in [0, 0.1) is 0 Å². The summed E-state index contributed by atoms with van der Waals surface area (Å²) in [6.07, 6.45) is 5.52. The Kier molecular flexibility index (Phi) is 5.76. The molecule has 3 N–H and O–H groups in total. The third-order valence-corrected chi connectivity index (χ3v) is 7.13. The molecule has 0 saturated carbocycles. The van der Waals surface area contributed by atoms with Crippen LogP contribution in [-0.4, -0.2) is 78.9 Å². The average Bonchev–Trinajstić information content (AvgIpc) is 3.64. The van der Waals surface area contributed by atoms with Crippen LogP contribution in [-0.2, 0) is 11.2 Å². The molecule has 3 aromatic heterocycles. The molecule has 1 aliphatic heterocycles. The van der Waals surface area contributed by atoms with Crippen LogP contribution in [0.2, 0.25) is 0 Å². The molecule has 2 atom stereocenters. The molecule has 1 saturated heterocycles. The van der Waals surface area contributed by atoms with Gasteiger partial charge in [0.05, 0.1) is 17.6 Å². The van der Waals surface area contributed by atoms with E-state index in [0.717, 1.165) is 55.9 Å². The number of anilines is 3. The molecule has 1 aliphatic carbocycles. The van der Waals surface area contributed by atoms with Crippen molar-refractivity contribution in [1.29, 1.82) is 0 Å². The van der Waals surface area contributed by atoms with Gasteiger partial charge in [-0.3, -0.25) is 4.79 Å². The molecule has 36 heavy (non-hydrogen) atoms. The van der Waals surface area contributed by atoms with Crippen molar-refractivity contribution in [2.75, 3.05) is 43.9 Å². The summed E-state index contributed by atoms with van der Waals surface area (Å²) in [6.45, 7) is 5.01. The van der Waals surface area contributed by atoms with E-state index in [1.165, 1.54) is 15.9 Å². The lowest BCUT2D eigenvalue weighted by Gasteiger charge is -2.33. The third kappa shape index (κ3) is 4.26. The molecule has 1 aromatic carbocycles. The van der Waals surface area contributed by atoms with E-state index in [-0.39, 0.29) is 11.9 Å². The van der Waals surface area contributed by atoms with Gasteiger partial charge in [-0.25, -0.2) is 0 Å². The molecular weight excluding hydrogens is 456 g/mol. The van der Waals surface area contributed by atoms with Gasteiger partial charge in [-0.2, -0.15) is 19.9 Å².